The monoisotopic (exact) mass is 231 g/mol. The van der Waals surface area contributed by atoms with E-state index in [1.54, 1.807) is 17.8 Å². The van der Waals surface area contributed by atoms with E-state index in [1.165, 1.54) is 0 Å². The Balaban J connectivity index is 2.42. The second kappa shape index (κ2) is 6.17. The van der Waals surface area contributed by atoms with Crippen LogP contribution >= 0.6 is 23.4 Å². The molecule has 0 aliphatic heterocycles. The minimum absolute atomic E-state index is 0.253. The largest absolute Gasteiger partial charge is 0.398 e. The highest BCUT2D eigenvalue weighted by atomic mass is 35.5. The van der Waals surface area contributed by atoms with E-state index in [0.29, 0.717) is 5.02 Å². The number of halogens is 1. The molecule has 0 aromatic heterocycles. The van der Waals surface area contributed by atoms with E-state index in [9.17, 15) is 0 Å². The van der Waals surface area contributed by atoms with Gasteiger partial charge in [-0.15, -0.1) is 0 Å². The molecule has 2 nitrogen and oxygen atoms in total. The van der Waals surface area contributed by atoms with Gasteiger partial charge < -0.3 is 10.8 Å². The third-order valence-corrected chi connectivity index (χ3v) is 3.14. The Morgan fingerprint density at radius 2 is 2.21 bits per heavy atom. The molecule has 14 heavy (non-hydrogen) atoms. The van der Waals surface area contributed by atoms with Crippen LogP contribution in [0.1, 0.15) is 12.0 Å². The van der Waals surface area contributed by atoms with Crippen molar-refractivity contribution in [3.8, 4) is 0 Å². The van der Waals surface area contributed by atoms with Gasteiger partial charge in [-0.25, -0.2) is 0 Å². The number of benzene rings is 1. The summed E-state index contributed by atoms with van der Waals surface area (Å²) in [5.41, 5.74) is 7.64. The maximum atomic E-state index is 8.60. The zero-order chi connectivity index (χ0) is 10.4. The van der Waals surface area contributed by atoms with Gasteiger partial charge in [0.05, 0.1) is 0 Å². The molecule has 0 unspecified atom stereocenters. The van der Waals surface area contributed by atoms with Crippen molar-refractivity contribution in [2.45, 2.75) is 12.2 Å². The van der Waals surface area contributed by atoms with Crippen molar-refractivity contribution < 1.29 is 5.11 Å². The molecule has 0 amide bonds. The maximum Gasteiger partial charge on any atom is 0.0438 e. The predicted molar refractivity (Wildman–Crippen MR) is 63.7 cm³/mol. The van der Waals surface area contributed by atoms with Gasteiger partial charge in [-0.05, 0) is 29.9 Å². The third kappa shape index (κ3) is 3.78. The molecule has 0 saturated heterocycles. The quantitative estimate of drug-likeness (QED) is 0.605. The molecule has 0 radical (unpaired) electrons. The van der Waals surface area contributed by atoms with Crippen LogP contribution < -0.4 is 5.73 Å². The number of aliphatic hydroxyl groups excluding tert-OH is 1. The normalized spacial score (nSPS) is 10.4. The molecule has 0 saturated carbocycles. The van der Waals surface area contributed by atoms with Gasteiger partial charge in [0, 0.05) is 23.1 Å². The molecular weight excluding hydrogens is 218 g/mol. The predicted octanol–water partition coefficient (Wildman–Crippen LogP) is 2.54. The van der Waals surface area contributed by atoms with Crippen molar-refractivity contribution in [2.75, 3.05) is 18.1 Å². The van der Waals surface area contributed by atoms with Gasteiger partial charge in [-0.2, -0.15) is 11.8 Å². The fourth-order valence-electron chi connectivity index (χ4n) is 1.05. The number of thioether (sulfide) groups is 1. The number of nitrogen functional groups attached to an aromatic ring is 1. The van der Waals surface area contributed by atoms with Crippen molar-refractivity contribution in [1.82, 2.24) is 0 Å². The third-order valence-electron chi connectivity index (χ3n) is 1.81. The lowest BCUT2D eigenvalue weighted by molar-refractivity contribution is 0.296. The number of aliphatic hydroxyl groups is 1. The Morgan fingerprint density at radius 1 is 1.43 bits per heavy atom. The van der Waals surface area contributed by atoms with Gasteiger partial charge in [0.2, 0.25) is 0 Å². The van der Waals surface area contributed by atoms with E-state index in [1.807, 2.05) is 12.1 Å². The van der Waals surface area contributed by atoms with Gasteiger partial charge in [-0.3, -0.25) is 0 Å². The lowest BCUT2D eigenvalue weighted by atomic mass is 10.2. The van der Waals surface area contributed by atoms with Crippen LogP contribution in [0.5, 0.6) is 0 Å². The van der Waals surface area contributed by atoms with Crippen molar-refractivity contribution >= 4 is 29.1 Å². The zero-order valence-corrected chi connectivity index (χ0v) is 9.44. The summed E-state index contributed by atoms with van der Waals surface area (Å²) in [6.45, 7) is 0.253. The average Bonchev–Trinajstić information content (AvgIpc) is 2.15. The topological polar surface area (TPSA) is 46.2 Å². The number of rotatable bonds is 5. The molecule has 4 heteroatoms. The molecule has 0 spiro atoms. The Labute approximate surface area is 93.5 Å². The summed E-state index contributed by atoms with van der Waals surface area (Å²) in [6.07, 6.45) is 0.832. The summed E-state index contributed by atoms with van der Waals surface area (Å²) < 4.78 is 0. The first-order valence-corrected chi connectivity index (χ1v) is 6.00. The van der Waals surface area contributed by atoms with E-state index in [4.69, 9.17) is 22.4 Å². The van der Waals surface area contributed by atoms with Crippen LogP contribution in [0.2, 0.25) is 5.02 Å². The van der Waals surface area contributed by atoms with Crippen LogP contribution in [-0.2, 0) is 5.75 Å². The molecule has 0 bridgehead atoms. The van der Waals surface area contributed by atoms with Gasteiger partial charge in [0.1, 0.15) is 0 Å². The van der Waals surface area contributed by atoms with Gasteiger partial charge >= 0.3 is 0 Å². The van der Waals surface area contributed by atoms with E-state index >= 15 is 0 Å². The fraction of sp³-hybridized carbons (Fsp3) is 0.400. The van der Waals surface area contributed by atoms with E-state index < -0.39 is 0 Å². The average molecular weight is 232 g/mol. The van der Waals surface area contributed by atoms with Crippen molar-refractivity contribution in [2.24, 2.45) is 0 Å². The highest BCUT2D eigenvalue weighted by Crippen LogP contribution is 2.22. The molecule has 0 atom stereocenters. The number of anilines is 1. The molecule has 3 N–H and O–H groups in total. The van der Waals surface area contributed by atoms with Crippen LogP contribution in [0.4, 0.5) is 5.69 Å². The Kier molecular flexibility index (Phi) is 5.15. The second-order valence-electron chi connectivity index (χ2n) is 2.97. The minimum Gasteiger partial charge on any atom is -0.398 e. The molecule has 1 aromatic carbocycles. The Hall–Kier alpha value is -0.380. The summed E-state index contributed by atoms with van der Waals surface area (Å²) >= 11 is 7.55. The highest BCUT2D eigenvalue weighted by Gasteiger charge is 1.99. The van der Waals surface area contributed by atoms with E-state index in [2.05, 4.69) is 0 Å². The van der Waals surface area contributed by atoms with Crippen LogP contribution in [-0.4, -0.2) is 17.5 Å². The van der Waals surface area contributed by atoms with E-state index in [0.717, 1.165) is 29.2 Å². The minimum atomic E-state index is 0.253. The summed E-state index contributed by atoms with van der Waals surface area (Å²) in [4.78, 5) is 0. The van der Waals surface area contributed by atoms with Crippen molar-refractivity contribution in [3.63, 3.8) is 0 Å². The highest BCUT2D eigenvalue weighted by molar-refractivity contribution is 7.98. The van der Waals surface area contributed by atoms with E-state index in [-0.39, 0.29) is 6.61 Å². The van der Waals surface area contributed by atoms with Gasteiger partial charge in [0.25, 0.3) is 0 Å². The second-order valence-corrected chi connectivity index (χ2v) is 4.51. The number of nitrogens with two attached hydrogens (primary N) is 1. The van der Waals surface area contributed by atoms with Gasteiger partial charge in [0.15, 0.2) is 0 Å². The molecular formula is C10H14ClNOS. The molecule has 78 valence electrons. The maximum absolute atomic E-state index is 8.60. The fourth-order valence-corrected chi connectivity index (χ4v) is 2.19. The first-order valence-electron chi connectivity index (χ1n) is 4.46. The molecule has 0 aliphatic rings. The Bertz CT molecular complexity index is 293. The first kappa shape index (κ1) is 11.7. The van der Waals surface area contributed by atoms with Crippen molar-refractivity contribution in [1.29, 1.82) is 0 Å². The van der Waals surface area contributed by atoms with Crippen LogP contribution in [0.25, 0.3) is 0 Å². The number of hydrogen-bond acceptors (Lipinski definition) is 3. The standard InChI is InChI=1S/C10H14ClNOS/c11-9-3-2-8(10(12)6-9)7-14-5-1-4-13/h2-3,6,13H,1,4-5,7,12H2. The Morgan fingerprint density at radius 3 is 2.86 bits per heavy atom. The molecule has 0 fully saturated rings. The summed E-state index contributed by atoms with van der Waals surface area (Å²) in [7, 11) is 0. The lowest BCUT2D eigenvalue weighted by Crippen LogP contribution is -1.93. The smallest absolute Gasteiger partial charge is 0.0438 e. The molecule has 0 heterocycles. The zero-order valence-electron chi connectivity index (χ0n) is 7.87. The summed E-state index contributed by atoms with van der Waals surface area (Å²) in [5, 5.41) is 9.27. The number of hydrogen-bond donors (Lipinski definition) is 2. The first-order chi connectivity index (χ1) is 6.74. The lowest BCUT2D eigenvalue weighted by Gasteiger charge is -2.05. The molecule has 1 rings (SSSR count). The van der Waals surface area contributed by atoms with Crippen LogP contribution in [0.15, 0.2) is 18.2 Å². The van der Waals surface area contributed by atoms with Gasteiger partial charge in [-0.1, -0.05) is 17.7 Å². The molecule has 0 aliphatic carbocycles. The van der Waals surface area contributed by atoms with Crippen LogP contribution in [0.3, 0.4) is 0 Å². The summed E-state index contributed by atoms with van der Waals surface area (Å²) in [5.74, 6) is 1.83. The van der Waals surface area contributed by atoms with Crippen LogP contribution in [0, 0.1) is 0 Å². The summed E-state index contributed by atoms with van der Waals surface area (Å²) in [6, 6.07) is 5.56. The SMILES string of the molecule is Nc1cc(Cl)ccc1CSCCCO. The van der Waals surface area contributed by atoms with Crippen molar-refractivity contribution in [3.05, 3.63) is 28.8 Å². The molecule has 1 aromatic rings.